The van der Waals surface area contributed by atoms with Crippen molar-refractivity contribution in [2.75, 3.05) is 0 Å². The predicted octanol–water partition coefficient (Wildman–Crippen LogP) is 1.21. The molecule has 4 nitrogen and oxygen atoms in total. The van der Waals surface area contributed by atoms with E-state index in [1.807, 2.05) is 29.0 Å². The number of aromatic nitrogens is 3. The van der Waals surface area contributed by atoms with Crippen molar-refractivity contribution in [3.05, 3.63) is 48.1 Å². The first-order valence-corrected chi connectivity index (χ1v) is 7.66. The molecule has 1 aliphatic heterocycles. The molecular weight excluding hydrogens is 277 g/mol. The second-order valence-corrected chi connectivity index (χ2v) is 5.48. The molecule has 0 amide bonds. The van der Waals surface area contributed by atoms with Crippen LogP contribution in [0.1, 0.15) is 18.1 Å². The van der Waals surface area contributed by atoms with Crippen LogP contribution >= 0.6 is 0 Å². The number of nitrogens with zero attached hydrogens (tertiary/aromatic N) is 3. The third kappa shape index (κ3) is 2.56. The maximum atomic E-state index is 9.25. The Morgan fingerprint density at radius 2 is 2.21 bits per heavy atom. The fourth-order valence-electron chi connectivity index (χ4n) is 1.95. The second-order valence-electron chi connectivity index (χ2n) is 4.15. The van der Waals surface area contributed by atoms with E-state index in [9.17, 15) is 5.11 Å². The summed E-state index contributed by atoms with van der Waals surface area (Å²) in [6.07, 6.45) is 13.0. The van der Waals surface area contributed by atoms with Crippen LogP contribution in [0.2, 0.25) is 0 Å². The van der Waals surface area contributed by atoms with Gasteiger partial charge in [0.15, 0.2) is 0 Å². The molecule has 0 radical (unpaired) electrons. The van der Waals surface area contributed by atoms with E-state index in [0.29, 0.717) is 5.82 Å². The molecule has 0 atom stereocenters. The Kier molecular flexibility index (Phi) is 3.64. The standard InChI is InChI=1S/C14H13N3O.V/c1-3-11(2)14-15-13(10-18)16-17(14)12-8-6-4-5-7-9-12;/h1-8,18H,9-10H2;. The van der Waals surface area contributed by atoms with Crippen molar-refractivity contribution < 1.29 is 20.5 Å². The second kappa shape index (κ2) is 5.57. The van der Waals surface area contributed by atoms with Crippen LogP contribution in [0.3, 0.4) is 0 Å². The fourth-order valence-corrected chi connectivity index (χ4v) is 3.04. The number of aliphatic hydroxyl groups excluding tert-OH is 1. The average Bonchev–Trinajstić information content (AvgIpc) is 3.02. The van der Waals surface area contributed by atoms with Crippen LogP contribution in [0.15, 0.2) is 36.5 Å². The van der Waals surface area contributed by atoms with Gasteiger partial charge >= 0.3 is 117 Å². The Morgan fingerprint density at radius 3 is 3.00 bits per heavy atom. The molecule has 2 aliphatic rings. The van der Waals surface area contributed by atoms with Crippen LogP contribution in [0.5, 0.6) is 0 Å². The van der Waals surface area contributed by atoms with E-state index >= 15 is 0 Å². The van der Waals surface area contributed by atoms with Crippen LogP contribution < -0.4 is 0 Å². The van der Waals surface area contributed by atoms with Gasteiger partial charge in [0.05, 0.1) is 0 Å². The van der Waals surface area contributed by atoms with Gasteiger partial charge in [-0.2, -0.15) is 0 Å². The normalized spacial score (nSPS) is 16.7. The molecule has 0 fully saturated rings. The van der Waals surface area contributed by atoms with E-state index in [-0.39, 0.29) is 22.0 Å². The Bertz CT molecular complexity index is 686. The van der Waals surface area contributed by atoms with Gasteiger partial charge in [-0.15, -0.1) is 0 Å². The van der Waals surface area contributed by atoms with Crippen molar-refractivity contribution in [3.63, 3.8) is 0 Å². The Hall–Kier alpha value is -1.62. The van der Waals surface area contributed by atoms with Crippen LogP contribution in [0.4, 0.5) is 0 Å². The fraction of sp³-hybridized carbons (Fsp3) is 0.143. The van der Waals surface area contributed by atoms with Gasteiger partial charge in [0.2, 0.25) is 0 Å². The summed E-state index contributed by atoms with van der Waals surface area (Å²) < 4.78 is 6.24. The van der Waals surface area contributed by atoms with Crippen molar-refractivity contribution >= 4 is 20.7 Å². The van der Waals surface area contributed by atoms with Gasteiger partial charge in [0.1, 0.15) is 0 Å². The van der Waals surface area contributed by atoms with Crippen molar-refractivity contribution in [3.8, 4) is 0 Å². The summed E-state index contributed by atoms with van der Waals surface area (Å²) in [6, 6.07) is 0. The van der Waals surface area contributed by atoms with E-state index in [2.05, 4.69) is 31.7 Å². The molecule has 19 heavy (non-hydrogen) atoms. The molecule has 1 aromatic heterocycles. The molecule has 0 saturated carbocycles. The average molecular weight is 290 g/mol. The molecule has 0 bridgehead atoms. The number of hydrogen-bond acceptors (Lipinski definition) is 3. The van der Waals surface area contributed by atoms with Gasteiger partial charge in [0, 0.05) is 0 Å². The molecule has 2 heterocycles. The summed E-state index contributed by atoms with van der Waals surface area (Å²) in [6.45, 7) is -0.135. The third-order valence-corrected chi connectivity index (χ3v) is 4.02. The predicted molar refractivity (Wildman–Crippen MR) is 73.2 cm³/mol. The summed E-state index contributed by atoms with van der Waals surface area (Å²) in [5, 5.41) is 13.6. The Labute approximate surface area is 117 Å². The molecule has 95 valence electrons. The molecule has 0 unspecified atom stereocenters. The van der Waals surface area contributed by atoms with E-state index in [1.165, 1.54) is 0 Å². The minimum atomic E-state index is -0.135. The molecule has 0 spiro atoms. The molecular formula is C14H13N3OV. The van der Waals surface area contributed by atoms with E-state index < -0.39 is 0 Å². The quantitative estimate of drug-likeness (QED) is 0.910. The van der Waals surface area contributed by atoms with Crippen LogP contribution in [-0.4, -0.2) is 29.3 Å². The first-order valence-electron chi connectivity index (χ1n) is 6.05. The first kappa shape index (κ1) is 12.4. The van der Waals surface area contributed by atoms with Crippen molar-refractivity contribution in [2.45, 2.75) is 13.0 Å². The molecule has 1 aliphatic carbocycles. The summed E-state index contributed by atoms with van der Waals surface area (Å²) >= 11 is 0.146. The van der Waals surface area contributed by atoms with Crippen LogP contribution in [-0.2, 0) is 22.0 Å². The van der Waals surface area contributed by atoms with Gasteiger partial charge in [0.25, 0.3) is 0 Å². The van der Waals surface area contributed by atoms with Crippen molar-refractivity contribution in [2.24, 2.45) is 0 Å². The number of aliphatic hydroxyl groups is 1. The van der Waals surface area contributed by atoms with Gasteiger partial charge in [-0.1, -0.05) is 0 Å². The zero-order valence-corrected chi connectivity index (χ0v) is 11.7. The number of rotatable bonds is 3. The Balaban J connectivity index is 2.07. The summed E-state index contributed by atoms with van der Waals surface area (Å²) in [5.74, 6) is 1.29. The third-order valence-electron chi connectivity index (χ3n) is 2.85. The topological polar surface area (TPSA) is 50.9 Å². The van der Waals surface area contributed by atoms with Gasteiger partial charge in [-0.25, -0.2) is 0 Å². The maximum absolute atomic E-state index is 9.25. The van der Waals surface area contributed by atoms with Crippen molar-refractivity contribution in [1.29, 1.82) is 0 Å². The molecule has 5 heteroatoms. The monoisotopic (exact) mass is 290 g/mol. The first-order chi connectivity index (χ1) is 9.38. The molecule has 0 saturated heterocycles. The van der Waals surface area contributed by atoms with Crippen molar-refractivity contribution in [1.82, 2.24) is 14.8 Å². The molecule has 1 aromatic rings. The molecule has 0 aromatic carbocycles. The summed E-state index contributed by atoms with van der Waals surface area (Å²) in [5.41, 5.74) is 2.16. The zero-order chi connectivity index (χ0) is 13.1. The van der Waals surface area contributed by atoms with E-state index in [0.717, 1.165) is 23.5 Å². The van der Waals surface area contributed by atoms with Gasteiger partial charge in [-0.3, -0.25) is 0 Å². The minimum absolute atomic E-state index is 0.135. The molecule has 1 N–H and O–H groups in total. The summed E-state index contributed by atoms with van der Waals surface area (Å²) in [4.78, 5) is 4.42. The van der Waals surface area contributed by atoms with Crippen LogP contribution in [0, 0.1) is 0 Å². The van der Waals surface area contributed by atoms with Crippen LogP contribution in [0.25, 0.3) is 11.3 Å². The molecule has 3 rings (SSSR count). The van der Waals surface area contributed by atoms with E-state index in [4.69, 9.17) is 0 Å². The number of allylic oxidation sites excluding steroid dienone is 8. The van der Waals surface area contributed by atoms with E-state index in [1.54, 1.807) is 0 Å². The van der Waals surface area contributed by atoms with Gasteiger partial charge < -0.3 is 0 Å². The van der Waals surface area contributed by atoms with Gasteiger partial charge in [-0.05, 0) is 0 Å². The summed E-state index contributed by atoms with van der Waals surface area (Å²) in [7, 11) is 0. The number of hydrogen-bond donors (Lipinski definition) is 1. The zero-order valence-electron chi connectivity index (χ0n) is 10.3. The Morgan fingerprint density at radius 1 is 1.26 bits per heavy atom. The SMILES string of the molecule is OCc1nc(C2=C[CH]=[V]=[CH]2)n(C2=CC=CC=CC2)n1.